The number of hydrogen-bond acceptors (Lipinski definition) is 11. The van der Waals surface area contributed by atoms with Crippen molar-refractivity contribution >= 4 is 37.4 Å². The van der Waals surface area contributed by atoms with Gasteiger partial charge in [-0.3, -0.25) is 14.6 Å². The highest BCUT2D eigenvalue weighted by Crippen LogP contribution is 2.63. The third-order valence-corrected chi connectivity index (χ3v) is 5.80. The zero-order chi connectivity index (χ0) is 20.8. The molecule has 1 amide bonds. The minimum Gasteiger partial charge on any atom is -0.469 e. The van der Waals surface area contributed by atoms with Crippen LogP contribution in [0.1, 0.15) is 29.9 Å². The molecule has 13 heteroatoms. The smallest absolute Gasteiger partial charge is 0.469 e. The Kier molecular flexibility index (Phi) is 7.81. The summed E-state index contributed by atoms with van der Waals surface area (Å²) in [4.78, 5) is 49.7. The zero-order valence-electron chi connectivity index (χ0n) is 15.6. The predicted molar refractivity (Wildman–Crippen MR) is 96.9 cm³/mol. The highest BCUT2D eigenvalue weighted by molar-refractivity contribution is 7.55. The molecule has 0 spiro atoms. The van der Waals surface area contributed by atoms with Gasteiger partial charge in [0.25, 0.3) is 5.91 Å². The number of ether oxygens (including phenoxy) is 2. The van der Waals surface area contributed by atoms with Gasteiger partial charge in [-0.05, 0) is 0 Å². The first-order chi connectivity index (χ1) is 13.2. The second kappa shape index (κ2) is 9.68. The highest BCUT2D eigenvalue weighted by Gasteiger charge is 2.59. The lowest BCUT2D eigenvalue weighted by molar-refractivity contribution is -0.146. The number of carbonyl (C=O) groups is 3. The lowest BCUT2D eigenvalue weighted by Gasteiger charge is -2.36. The molecule has 1 saturated heterocycles. The van der Waals surface area contributed by atoms with Crippen LogP contribution in [0.5, 0.6) is 0 Å². The van der Waals surface area contributed by atoms with E-state index in [4.69, 9.17) is 18.3 Å². The van der Waals surface area contributed by atoms with Crippen LogP contribution in [0.4, 0.5) is 0 Å². The van der Waals surface area contributed by atoms with Crippen molar-refractivity contribution in [1.29, 1.82) is 0 Å². The zero-order valence-corrected chi connectivity index (χ0v) is 17.3. The topological polar surface area (TPSA) is 143 Å². The van der Waals surface area contributed by atoms with Gasteiger partial charge in [-0.25, -0.2) is 4.79 Å². The molecule has 28 heavy (non-hydrogen) atoms. The summed E-state index contributed by atoms with van der Waals surface area (Å²) in [6.07, 6.45) is 0.228. The molecular weight excluding hydrogens is 415 g/mol. The van der Waals surface area contributed by atoms with E-state index < -0.39 is 44.3 Å². The molecule has 2 rings (SSSR count). The Labute approximate surface area is 165 Å². The van der Waals surface area contributed by atoms with Crippen molar-refractivity contribution in [1.82, 2.24) is 10.3 Å². The summed E-state index contributed by atoms with van der Waals surface area (Å²) < 4.78 is 25.1. The van der Waals surface area contributed by atoms with Crippen molar-refractivity contribution in [3.05, 3.63) is 16.6 Å². The highest BCUT2D eigenvalue weighted by atomic mass is 32.1. The molecule has 0 bridgehead atoms. The normalized spacial score (nSPS) is 23.6. The molecule has 2 N–H and O–H groups in total. The summed E-state index contributed by atoms with van der Waals surface area (Å²) in [5.74, 6) is -1.69. The average Bonchev–Trinajstić information content (AvgIpc) is 3.18. The molecule has 0 aliphatic carbocycles. The molecule has 1 aliphatic heterocycles. The number of aromatic nitrogens is 1. The van der Waals surface area contributed by atoms with Crippen LogP contribution in [0.15, 0.2) is 11.7 Å². The molecule has 0 aromatic carbocycles. The summed E-state index contributed by atoms with van der Waals surface area (Å²) in [6, 6.07) is 0. The summed E-state index contributed by atoms with van der Waals surface area (Å²) in [5.41, 5.74) is 0.696. The summed E-state index contributed by atoms with van der Waals surface area (Å²) >= 11 is 1.09. The number of esters is 2. The van der Waals surface area contributed by atoms with Gasteiger partial charge in [0.2, 0.25) is 6.79 Å². The Morgan fingerprint density at radius 3 is 2.86 bits per heavy atom. The van der Waals surface area contributed by atoms with Crippen molar-refractivity contribution in [3.63, 3.8) is 0 Å². The minimum absolute atomic E-state index is 0.00463. The van der Waals surface area contributed by atoms with E-state index >= 15 is 0 Å². The Balaban J connectivity index is 1.88. The number of thiazole rings is 1. The maximum Gasteiger partial charge on any atom is 0.576 e. The van der Waals surface area contributed by atoms with Crippen molar-refractivity contribution in [2.45, 2.75) is 26.4 Å². The maximum atomic E-state index is 12.4. The molecule has 0 radical (unpaired) electrons. The first-order valence-corrected chi connectivity index (χ1v) is 10.5. The molecule has 2 atom stereocenters. The van der Waals surface area contributed by atoms with Crippen LogP contribution >= 0.6 is 19.5 Å². The van der Waals surface area contributed by atoms with Gasteiger partial charge >= 0.3 is 20.1 Å². The van der Waals surface area contributed by atoms with Crippen LogP contribution in [0.3, 0.4) is 0 Å². The number of amides is 1. The number of nitrogens with zero attached hydrogens (tertiary/aromatic N) is 1. The lowest BCUT2D eigenvalue weighted by atomic mass is 9.87. The minimum atomic E-state index is -3.89. The van der Waals surface area contributed by atoms with Gasteiger partial charge in [-0.2, -0.15) is 9.42 Å². The second-order valence-corrected chi connectivity index (χ2v) is 8.93. The van der Waals surface area contributed by atoms with Gasteiger partial charge in [0.05, 0.1) is 25.2 Å². The van der Waals surface area contributed by atoms with Crippen molar-refractivity contribution < 1.29 is 42.3 Å². The summed E-state index contributed by atoms with van der Waals surface area (Å²) in [6.45, 7) is 2.81. The fraction of sp³-hybridized carbons (Fsp3) is 0.600. The Morgan fingerprint density at radius 1 is 1.46 bits per heavy atom. The van der Waals surface area contributed by atoms with E-state index in [1.165, 1.54) is 18.8 Å². The Bertz CT molecular complexity index is 700. The third kappa shape index (κ3) is 6.16. The van der Waals surface area contributed by atoms with Crippen LogP contribution in [-0.4, -0.2) is 60.9 Å². The fourth-order valence-corrected chi connectivity index (χ4v) is 4.15. The van der Waals surface area contributed by atoms with Gasteiger partial charge in [-0.1, -0.05) is 13.8 Å². The fourth-order valence-electron chi connectivity index (χ4n) is 2.12. The van der Waals surface area contributed by atoms with Crippen LogP contribution in [0.25, 0.3) is 0 Å². The first-order valence-electron chi connectivity index (χ1n) is 8.16. The van der Waals surface area contributed by atoms with Crippen molar-refractivity contribution in [2.24, 2.45) is 5.41 Å². The third-order valence-electron chi connectivity index (χ3n) is 3.68. The number of carbonyl (C=O) groups excluding carboxylic acids is 3. The van der Waals surface area contributed by atoms with E-state index in [2.05, 4.69) is 15.0 Å². The molecule has 1 fully saturated rings. The molecule has 1 unspecified atom stereocenters. The van der Waals surface area contributed by atoms with Gasteiger partial charge in [-0.15, -0.1) is 20.4 Å². The monoisotopic (exact) mass is 437 g/mol. The molecule has 0 saturated carbocycles. The van der Waals surface area contributed by atoms with Crippen LogP contribution < -0.4 is 5.32 Å². The largest absolute Gasteiger partial charge is 0.576 e. The maximum absolute atomic E-state index is 12.4. The number of rotatable bonds is 8. The molecule has 11 nitrogen and oxygen atoms in total. The predicted octanol–water partition coefficient (Wildman–Crippen LogP) is 1.06. The molecule has 1 aliphatic rings. The lowest BCUT2D eigenvalue weighted by Crippen LogP contribution is -2.50. The van der Waals surface area contributed by atoms with E-state index in [1.54, 1.807) is 13.8 Å². The number of methoxy groups -OCH3 is 1. The summed E-state index contributed by atoms with van der Waals surface area (Å²) in [5, 5.41) is 2.54. The quantitative estimate of drug-likeness (QED) is 0.344. The van der Waals surface area contributed by atoms with E-state index in [9.17, 15) is 19.3 Å². The standard InChI is InChI=1S/C15H21N2O9PS/c1-15(2)7-24-27(21,25-9-23-14(20)10-6-16-8-28-10)26-12(15)13(19)17-5-4-11(18)22-3/h6,8,12,21H,4-5,7,9H2,1-3H3/p+1/t12-,27?/m0/s1. The van der Waals surface area contributed by atoms with E-state index in [0.717, 1.165) is 11.3 Å². The molecule has 2 heterocycles. The second-order valence-electron chi connectivity index (χ2n) is 6.38. The van der Waals surface area contributed by atoms with E-state index in [0.29, 0.717) is 0 Å². The molecule has 1 aromatic heterocycles. The number of nitrogens with one attached hydrogen (secondary N) is 1. The first kappa shape index (κ1) is 22.6. The average molecular weight is 437 g/mol. The van der Waals surface area contributed by atoms with Crippen molar-refractivity contribution in [3.8, 4) is 0 Å². The summed E-state index contributed by atoms with van der Waals surface area (Å²) in [7, 11) is -2.64. The van der Waals surface area contributed by atoms with Gasteiger partial charge in [0.15, 0.2) is 6.10 Å². The Hall–Kier alpha value is -1.69. The van der Waals surface area contributed by atoms with Gasteiger partial charge in [0, 0.05) is 12.0 Å². The van der Waals surface area contributed by atoms with Crippen LogP contribution in [0, 0.1) is 5.41 Å². The van der Waals surface area contributed by atoms with Gasteiger partial charge < -0.3 is 14.8 Å². The SMILES string of the molecule is COC(=O)CCNC(=O)[C@@H]1O[P+](O)(OCOC(=O)c2cncs2)OCC1(C)C. The Morgan fingerprint density at radius 2 is 2.21 bits per heavy atom. The van der Waals surface area contributed by atoms with Crippen LogP contribution in [0.2, 0.25) is 0 Å². The number of hydrogen-bond donors (Lipinski definition) is 2. The van der Waals surface area contributed by atoms with E-state index in [-0.39, 0.29) is 24.4 Å². The van der Waals surface area contributed by atoms with E-state index in [1.807, 2.05) is 0 Å². The molecular formula is C15H22N2O9PS+. The van der Waals surface area contributed by atoms with Crippen molar-refractivity contribution in [2.75, 3.05) is 27.1 Å². The molecule has 1 aromatic rings. The van der Waals surface area contributed by atoms with Crippen LogP contribution in [-0.2, 0) is 32.6 Å². The van der Waals surface area contributed by atoms with Gasteiger partial charge in [0.1, 0.15) is 11.5 Å². The molecule has 156 valence electrons.